The van der Waals surface area contributed by atoms with Gasteiger partial charge in [0.05, 0.1) is 32.0 Å². The molecule has 8 heteroatoms. The van der Waals surface area contributed by atoms with Gasteiger partial charge in [-0.3, -0.25) is 5.32 Å². The second kappa shape index (κ2) is 8.23. The first-order valence-corrected chi connectivity index (χ1v) is 10.5. The molecule has 0 spiro atoms. The summed E-state index contributed by atoms with van der Waals surface area (Å²) in [5.41, 5.74) is 5.84. The van der Waals surface area contributed by atoms with E-state index in [4.69, 9.17) is 14.7 Å². The lowest BCUT2D eigenvalue weighted by Gasteiger charge is -2.24. The first kappa shape index (κ1) is 19.3. The Kier molecular flexibility index (Phi) is 5.13. The zero-order valence-corrected chi connectivity index (χ0v) is 17.7. The molecule has 0 amide bonds. The number of imidazole rings is 1. The van der Waals surface area contributed by atoms with Gasteiger partial charge < -0.3 is 19.9 Å². The molecule has 158 valence electrons. The van der Waals surface area contributed by atoms with Gasteiger partial charge in [-0.1, -0.05) is 29.2 Å². The molecule has 4 aromatic rings. The lowest BCUT2D eigenvalue weighted by atomic mass is 10.2. The molecule has 5 rings (SSSR count). The molecule has 0 bridgehead atoms. The van der Waals surface area contributed by atoms with Crippen LogP contribution in [0.15, 0.2) is 48.5 Å². The van der Waals surface area contributed by atoms with Gasteiger partial charge in [0.25, 0.3) is 0 Å². The maximum Gasteiger partial charge on any atom is 0.351 e. The van der Waals surface area contributed by atoms with E-state index in [0.29, 0.717) is 30.8 Å². The van der Waals surface area contributed by atoms with Gasteiger partial charge in [-0.15, -0.1) is 0 Å². The van der Waals surface area contributed by atoms with E-state index in [1.807, 2.05) is 24.3 Å². The predicted octanol–water partition coefficient (Wildman–Crippen LogP) is 3.71. The minimum absolute atomic E-state index is 0.644. The molecule has 1 aliphatic rings. The minimum Gasteiger partial charge on any atom is -0.376 e. The van der Waals surface area contributed by atoms with Crippen LogP contribution in [-0.2, 0) is 4.74 Å². The van der Waals surface area contributed by atoms with Gasteiger partial charge in [0, 0.05) is 5.69 Å². The highest BCUT2D eigenvalue weighted by Crippen LogP contribution is 2.25. The molecule has 0 radical (unpaired) electrons. The lowest BCUT2D eigenvalue weighted by molar-refractivity contribution is -0.349. The van der Waals surface area contributed by atoms with Crippen molar-refractivity contribution in [3.63, 3.8) is 0 Å². The van der Waals surface area contributed by atoms with Crippen LogP contribution in [0.25, 0.3) is 11.2 Å². The molecule has 8 nitrogen and oxygen atoms in total. The number of aromatic nitrogens is 4. The van der Waals surface area contributed by atoms with Crippen LogP contribution in [0.2, 0.25) is 0 Å². The molecule has 0 unspecified atom stereocenters. The molecule has 0 saturated carbocycles. The zero-order chi connectivity index (χ0) is 21.2. The van der Waals surface area contributed by atoms with Crippen LogP contribution in [0, 0.1) is 13.8 Å². The van der Waals surface area contributed by atoms with Crippen molar-refractivity contribution in [3.05, 3.63) is 59.7 Å². The summed E-state index contributed by atoms with van der Waals surface area (Å²) in [6, 6.07) is 16.4. The maximum absolute atomic E-state index is 5.54. The number of nitrogens with one attached hydrogen (secondary N) is 4. The first-order chi connectivity index (χ1) is 15.1. The van der Waals surface area contributed by atoms with E-state index < -0.39 is 0 Å². The van der Waals surface area contributed by atoms with Crippen LogP contribution in [0.3, 0.4) is 0 Å². The number of rotatable bonds is 5. The number of hydrogen-bond donors (Lipinski definition) is 3. The van der Waals surface area contributed by atoms with E-state index in [9.17, 15) is 0 Å². The molecule has 2 aromatic carbocycles. The quantitative estimate of drug-likeness (QED) is 0.459. The number of morpholine rings is 1. The molecule has 31 heavy (non-hydrogen) atoms. The molecule has 3 heterocycles. The van der Waals surface area contributed by atoms with Crippen LogP contribution >= 0.6 is 0 Å². The fourth-order valence-electron chi connectivity index (χ4n) is 3.78. The standard InChI is InChI=1S/C23H25N7O/c1-15-5-3-7-17(13-15)24-22-26-19-20(27-22)28-23(25-18-8-4-6-16(2)14-18)29-21(19)30-9-11-31-12-10-30/h3-8,13-14H,9-12H2,1-2H3,(H3,24,25,26,27,28,29)/p+1. The molecule has 0 aliphatic carbocycles. The van der Waals surface area contributed by atoms with Gasteiger partial charge in [-0.2, -0.15) is 4.98 Å². The van der Waals surface area contributed by atoms with E-state index in [2.05, 4.69) is 63.6 Å². The van der Waals surface area contributed by atoms with Crippen LogP contribution < -0.4 is 20.5 Å². The summed E-state index contributed by atoms with van der Waals surface area (Å²) >= 11 is 0. The molecule has 1 aliphatic heterocycles. The summed E-state index contributed by atoms with van der Waals surface area (Å²) in [6.45, 7) is 7.14. The number of benzene rings is 2. The van der Waals surface area contributed by atoms with Gasteiger partial charge in [-0.05, 0) is 49.2 Å². The third kappa shape index (κ3) is 4.29. The largest absolute Gasteiger partial charge is 0.376 e. The summed E-state index contributed by atoms with van der Waals surface area (Å²) in [4.78, 5) is 18.6. The van der Waals surface area contributed by atoms with Crippen LogP contribution in [0.5, 0.6) is 0 Å². The van der Waals surface area contributed by atoms with Crippen molar-refractivity contribution in [3.8, 4) is 0 Å². The number of hydrogen-bond acceptors (Lipinski definition) is 6. The highest BCUT2D eigenvalue weighted by molar-refractivity contribution is 5.85. The van der Waals surface area contributed by atoms with E-state index in [-0.39, 0.29) is 0 Å². The number of nitrogens with zero attached hydrogens (tertiary/aromatic N) is 3. The molecule has 2 aromatic heterocycles. The zero-order valence-electron chi connectivity index (χ0n) is 17.7. The van der Waals surface area contributed by atoms with Crippen molar-refractivity contribution in [2.45, 2.75) is 13.8 Å². The van der Waals surface area contributed by atoms with Crippen LogP contribution in [-0.4, -0.2) is 41.3 Å². The van der Waals surface area contributed by atoms with Crippen molar-refractivity contribution < 1.29 is 9.72 Å². The summed E-state index contributed by atoms with van der Waals surface area (Å²) in [5.74, 6) is 2.25. The number of fused-ring (bicyclic) bond motifs is 1. The van der Waals surface area contributed by atoms with Crippen LogP contribution in [0.4, 0.5) is 29.1 Å². The van der Waals surface area contributed by atoms with Crippen molar-refractivity contribution in [2.75, 3.05) is 41.8 Å². The summed E-state index contributed by atoms with van der Waals surface area (Å²) in [5, 5.41) is 6.74. The average molecular weight is 417 g/mol. The molecular formula is C23H26N7O+. The molecule has 0 atom stereocenters. The van der Waals surface area contributed by atoms with Gasteiger partial charge in [0.15, 0.2) is 5.52 Å². The smallest absolute Gasteiger partial charge is 0.351 e. The predicted molar refractivity (Wildman–Crippen MR) is 122 cm³/mol. The average Bonchev–Trinajstić information content (AvgIpc) is 3.16. The monoisotopic (exact) mass is 416 g/mol. The normalized spacial score (nSPS) is 14.1. The Labute approximate surface area is 180 Å². The maximum atomic E-state index is 5.54. The Bertz CT molecular complexity index is 1210. The van der Waals surface area contributed by atoms with Crippen molar-refractivity contribution in [1.82, 2.24) is 15.0 Å². The Hall–Kier alpha value is -3.65. The highest BCUT2D eigenvalue weighted by Gasteiger charge is 2.24. The Morgan fingerprint density at radius 2 is 1.61 bits per heavy atom. The topological polar surface area (TPSA) is 92.2 Å². The molecule has 1 saturated heterocycles. The second-order valence-corrected chi connectivity index (χ2v) is 7.81. The summed E-state index contributed by atoms with van der Waals surface area (Å²) in [7, 11) is 0. The Morgan fingerprint density at radius 1 is 0.935 bits per heavy atom. The minimum atomic E-state index is 0.644. The van der Waals surface area contributed by atoms with Crippen molar-refractivity contribution >= 4 is 40.3 Å². The molecule has 4 N–H and O–H groups in total. The van der Waals surface area contributed by atoms with E-state index in [0.717, 1.165) is 35.8 Å². The Morgan fingerprint density at radius 3 is 2.29 bits per heavy atom. The van der Waals surface area contributed by atoms with Gasteiger partial charge in [0.1, 0.15) is 0 Å². The fraction of sp³-hybridized carbons (Fsp3) is 0.261. The molecule has 1 fully saturated rings. The van der Waals surface area contributed by atoms with Gasteiger partial charge in [-0.25, -0.2) is 4.98 Å². The highest BCUT2D eigenvalue weighted by atomic mass is 16.5. The first-order valence-electron chi connectivity index (χ1n) is 10.5. The summed E-state index contributed by atoms with van der Waals surface area (Å²) in [6.07, 6.45) is 0. The number of aromatic amines is 2. The third-order valence-corrected chi connectivity index (χ3v) is 5.26. The SMILES string of the molecule is Cc1cccc(Nc2nc3nc(Nc4cccc(C)c4)[nH+]c(N4CCOCC4)c3[nH]2)c1. The second-order valence-electron chi connectivity index (χ2n) is 7.81. The molecular weight excluding hydrogens is 390 g/mol. The van der Waals surface area contributed by atoms with Gasteiger partial charge >= 0.3 is 5.95 Å². The number of aryl methyl sites for hydroxylation is 2. The number of anilines is 5. The third-order valence-electron chi connectivity index (χ3n) is 5.26. The van der Waals surface area contributed by atoms with E-state index in [1.165, 1.54) is 11.1 Å². The number of H-pyrrole nitrogens is 2. The van der Waals surface area contributed by atoms with Gasteiger partial charge in [0.2, 0.25) is 17.4 Å². The fourth-order valence-corrected chi connectivity index (χ4v) is 3.78. The summed E-state index contributed by atoms with van der Waals surface area (Å²) < 4.78 is 5.54. The van der Waals surface area contributed by atoms with E-state index >= 15 is 0 Å². The van der Waals surface area contributed by atoms with E-state index in [1.54, 1.807) is 0 Å². The van der Waals surface area contributed by atoms with Crippen LogP contribution in [0.1, 0.15) is 11.1 Å². The van der Waals surface area contributed by atoms with Crippen molar-refractivity contribution in [1.29, 1.82) is 0 Å². The van der Waals surface area contributed by atoms with Crippen molar-refractivity contribution in [2.24, 2.45) is 0 Å². The number of ether oxygens (including phenoxy) is 1. The Balaban J connectivity index is 1.53. The lowest BCUT2D eigenvalue weighted by Crippen LogP contribution is -2.40.